The van der Waals surface area contributed by atoms with E-state index in [-0.39, 0.29) is 24.2 Å². The van der Waals surface area contributed by atoms with Crippen molar-refractivity contribution in [2.45, 2.75) is 64.6 Å². The third-order valence-corrected chi connectivity index (χ3v) is 6.01. The number of piperidine rings is 1. The van der Waals surface area contributed by atoms with Gasteiger partial charge in [0, 0.05) is 30.6 Å². The van der Waals surface area contributed by atoms with Crippen LogP contribution in [0, 0.1) is 0 Å². The van der Waals surface area contributed by atoms with Gasteiger partial charge < -0.3 is 19.9 Å². The summed E-state index contributed by atoms with van der Waals surface area (Å²) in [5.41, 5.74) is 0.795. The normalized spacial score (nSPS) is 21.3. The van der Waals surface area contributed by atoms with E-state index < -0.39 is 5.60 Å². The van der Waals surface area contributed by atoms with Crippen LogP contribution in [0.1, 0.15) is 57.0 Å². The molecule has 1 aromatic rings. The maximum Gasteiger partial charge on any atom is 0.410 e. The lowest BCUT2D eigenvalue weighted by Gasteiger charge is -2.37. The summed E-state index contributed by atoms with van der Waals surface area (Å²) in [4.78, 5) is 29.9. The lowest BCUT2D eigenvalue weighted by molar-refractivity contribution is 0.0200. The molecular weight excluding hydrogens is 350 g/mol. The molecule has 0 aliphatic carbocycles. The quantitative estimate of drug-likeness (QED) is 0.808. The minimum Gasteiger partial charge on any atom is -0.444 e. The first-order valence-corrected chi connectivity index (χ1v) is 10.2. The number of urea groups is 1. The third kappa shape index (κ3) is 4.31. The molecule has 0 aromatic carbocycles. The van der Waals surface area contributed by atoms with Crippen LogP contribution in [-0.2, 0) is 11.2 Å². The lowest BCUT2D eigenvalue weighted by atomic mass is 10.0. The Morgan fingerprint density at radius 1 is 1.23 bits per heavy atom. The average Bonchev–Trinajstić information content (AvgIpc) is 3.03. The van der Waals surface area contributed by atoms with Gasteiger partial charge in [-0.05, 0) is 64.0 Å². The number of hydrogen-bond donors (Lipinski definition) is 1. The molecule has 1 fully saturated rings. The fraction of sp³-hybridized carbons (Fsp3) is 0.684. The number of rotatable bonds is 1. The highest BCUT2D eigenvalue weighted by atomic mass is 32.1. The van der Waals surface area contributed by atoms with Crippen LogP contribution in [0.25, 0.3) is 0 Å². The summed E-state index contributed by atoms with van der Waals surface area (Å²) in [6.45, 7) is 9.70. The van der Waals surface area contributed by atoms with Crippen molar-refractivity contribution in [1.29, 1.82) is 0 Å². The molecule has 0 radical (unpaired) electrons. The number of ether oxygens (including phenoxy) is 1. The second-order valence-corrected chi connectivity index (χ2v) is 9.11. The zero-order valence-electron chi connectivity index (χ0n) is 16.1. The fourth-order valence-electron chi connectivity index (χ4n) is 3.58. The van der Waals surface area contributed by atoms with Gasteiger partial charge in [0.2, 0.25) is 0 Å². The van der Waals surface area contributed by atoms with Crippen LogP contribution in [0.4, 0.5) is 9.59 Å². The Balaban J connectivity index is 1.49. The molecule has 0 spiro atoms. The molecule has 3 amide bonds. The standard InChI is InChI=1S/C19H29N3O3S/c1-13-15-8-12-26-16(15)7-11-22(13)17(23)20-14-5-9-21(10-6-14)18(24)25-19(2,3)4/h8,12-14H,5-7,9-11H2,1-4H3,(H,20,23). The number of hydrogen-bond acceptors (Lipinski definition) is 4. The molecule has 2 aliphatic heterocycles. The molecule has 3 heterocycles. The summed E-state index contributed by atoms with van der Waals surface area (Å²) in [6.07, 6.45) is 2.19. The van der Waals surface area contributed by atoms with Crippen LogP contribution >= 0.6 is 11.3 Å². The summed E-state index contributed by atoms with van der Waals surface area (Å²) in [7, 11) is 0. The van der Waals surface area contributed by atoms with Crippen molar-refractivity contribution < 1.29 is 14.3 Å². The molecule has 1 aromatic heterocycles. The molecule has 2 aliphatic rings. The highest BCUT2D eigenvalue weighted by molar-refractivity contribution is 7.10. The van der Waals surface area contributed by atoms with Gasteiger partial charge in [-0.1, -0.05) is 0 Å². The molecule has 0 saturated carbocycles. The number of nitrogens with zero attached hydrogens (tertiary/aromatic N) is 2. The zero-order valence-corrected chi connectivity index (χ0v) is 16.9. The number of carbonyl (C=O) groups excluding carboxylic acids is 2. The topological polar surface area (TPSA) is 61.9 Å². The van der Waals surface area contributed by atoms with Crippen molar-refractivity contribution in [3.63, 3.8) is 0 Å². The maximum absolute atomic E-state index is 12.7. The Bertz CT molecular complexity index is 659. The van der Waals surface area contributed by atoms with E-state index in [4.69, 9.17) is 4.74 Å². The van der Waals surface area contributed by atoms with E-state index in [9.17, 15) is 9.59 Å². The SMILES string of the molecule is CC1c2ccsc2CCN1C(=O)NC1CCN(C(=O)OC(C)(C)C)CC1. The predicted octanol–water partition coefficient (Wildman–Crippen LogP) is 3.78. The van der Waals surface area contributed by atoms with Crippen molar-refractivity contribution in [1.82, 2.24) is 15.1 Å². The van der Waals surface area contributed by atoms with Crippen LogP contribution in [0.5, 0.6) is 0 Å². The number of thiophene rings is 1. The van der Waals surface area contributed by atoms with Gasteiger partial charge in [0.05, 0.1) is 6.04 Å². The van der Waals surface area contributed by atoms with Crippen LogP contribution in [0.3, 0.4) is 0 Å². The monoisotopic (exact) mass is 379 g/mol. The highest BCUT2D eigenvalue weighted by Gasteiger charge is 2.31. The van der Waals surface area contributed by atoms with Crippen LogP contribution in [0.2, 0.25) is 0 Å². The molecule has 3 rings (SSSR count). The van der Waals surface area contributed by atoms with E-state index >= 15 is 0 Å². The minimum atomic E-state index is -0.479. The summed E-state index contributed by atoms with van der Waals surface area (Å²) in [5.74, 6) is 0. The number of amides is 3. The van der Waals surface area contributed by atoms with Crippen molar-refractivity contribution in [2.75, 3.05) is 19.6 Å². The van der Waals surface area contributed by atoms with Gasteiger partial charge in [0.1, 0.15) is 5.60 Å². The Morgan fingerprint density at radius 2 is 1.92 bits per heavy atom. The summed E-state index contributed by atoms with van der Waals surface area (Å²) in [6, 6.07) is 2.36. The largest absolute Gasteiger partial charge is 0.444 e. The van der Waals surface area contributed by atoms with Crippen molar-refractivity contribution in [3.8, 4) is 0 Å². The molecule has 144 valence electrons. The molecule has 1 unspecified atom stereocenters. The van der Waals surface area contributed by atoms with Gasteiger partial charge in [-0.2, -0.15) is 0 Å². The summed E-state index contributed by atoms with van der Waals surface area (Å²) >= 11 is 1.78. The summed E-state index contributed by atoms with van der Waals surface area (Å²) in [5, 5.41) is 5.27. The van der Waals surface area contributed by atoms with E-state index in [2.05, 4.69) is 23.7 Å². The first kappa shape index (κ1) is 19.0. The average molecular weight is 380 g/mol. The second kappa shape index (κ2) is 7.47. The van der Waals surface area contributed by atoms with Gasteiger partial charge in [-0.25, -0.2) is 9.59 Å². The van der Waals surface area contributed by atoms with Gasteiger partial charge in [-0.15, -0.1) is 11.3 Å². The molecule has 1 atom stereocenters. The second-order valence-electron chi connectivity index (χ2n) is 8.11. The maximum atomic E-state index is 12.7. The molecular formula is C19H29N3O3S. The highest BCUT2D eigenvalue weighted by Crippen LogP contribution is 2.32. The number of carbonyl (C=O) groups is 2. The first-order chi connectivity index (χ1) is 12.2. The molecule has 1 saturated heterocycles. The Labute approximate surface area is 159 Å². The number of nitrogens with one attached hydrogen (secondary N) is 1. The smallest absolute Gasteiger partial charge is 0.410 e. The van der Waals surface area contributed by atoms with Crippen molar-refractivity contribution in [3.05, 3.63) is 21.9 Å². The van der Waals surface area contributed by atoms with E-state index in [1.165, 1.54) is 10.4 Å². The van der Waals surface area contributed by atoms with Crippen molar-refractivity contribution >= 4 is 23.5 Å². The molecule has 1 N–H and O–H groups in total. The van der Waals surface area contributed by atoms with E-state index in [0.717, 1.165) is 25.8 Å². The minimum absolute atomic E-state index is 0.00469. The third-order valence-electron chi connectivity index (χ3n) is 5.01. The van der Waals surface area contributed by atoms with Gasteiger partial charge >= 0.3 is 12.1 Å². The lowest BCUT2D eigenvalue weighted by Crippen LogP contribution is -2.52. The molecule has 26 heavy (non-hydrogen) atoms. The van der Waals surface area contributed by atoms with E-state index in [1.54, 1.807) is 16.2 Å². The first-order valence-electron chi connectivity index (χ1n) is 9.36. The van der Waals surface area contributed by atoms with E-state index in [1.807, 2.05) is 25.7 Å². The van der Waals surface area contributed by atoms with Crippen LogP contribution < -0.4 is 5.32 Å². The molecule has 0 bridgehead atoms. The Hall–Kier alpha value is -1.76. The van der Waals surface area contributed by atoms with E-state index in [0.29, 0.717) is 13.1 Å². The van der Waals surface area contributed by atoms with Gasteiger partial charge in [-0.3, -0.25) is 0 Å². The van der Waals surface area contributed by atoms with Gasteiger partial charge in [0.25, 0.3) is 0 Å². The van der Waals surface area contributed by atoms with Gasteiger partial charge in [0.15, 0.2) is 0 Å². The Morgan fingerprint density at radius 3 is 2.58 bits per heavy atom. The Kier molecular flexibility index (Phi) is 5.46. The number of fused-ring (bicyclic) bond motifs is 1. The summed E-state index contributed by atoms with van der Waals surface area (Å²) < 4.78 is 5.42. The van der Waals surface area contributed by atoms with Crippen molar-refractivity contribution in [2.24, 2.45) is 0 Å². The zero-order chi connectivity index (χ0) is 18.9. The fourth-order valence-corrected chi connectivity index (χ4v) is 4.54. The molecule has 6 nitrogen and oxygen atoms in total. The number of likely N-dealkylation sites (tertiary alicyclic amines) is 1. The van der Waals surface area contributed by atoms with Crippen LogP contribution in [0.15, 0.2) is 11.4 Å². The predicted molar refractivity (Wildman–Crippen MR) is 103 cm³/mol. The van der Waals surface area contributed by atoms with Crippen LogP contribution in [-0.4, -0.2) is 53.2 Å². The molecule has 7 heteroatoms.